The molecule has 0 aliphatic rings. The van der Waals surface area contributed by atoms with Gasteiger partial charge in [0.05, 0.1) is 17.7 Å². The van der Waals surface area contributed by atoms with E-state index in [9.17, 15) is 18.3 Å². The SMILES string of the molecule is N[C@H](c1ccccc1C(F)(F)F)[C@@H](O)Cc1ccccc1. The smallest absolute Gasteiger partial charge is 0.391 e. The largest absolute Gasteiger partial charge is 0.416 e. The number of rotatable bonds is 4. The van der Waals surface area contributed by atoms with E-state index in [1.165, 1.54) is 18.2 Å². The summed E-state index contributed by atoms with van der Waals surface area (Å²) in [6, 6.07) is 13.0. The topological polar surface area (TPSA) is 46.2 Å². The predicted molar refractivity (Wildman–Crippen MR) is 74.5 cm³/mol. The number of hydrogen-bond acceptors (Lipinski definition) is 2. The van der Waals surface area contributed by atoms with Gasteiger partial charge in [-0.3, -0.25) is 0 Å². The van der Waals surface area contributed by atoms with Crippen molar-refractivity contribution < 1.29 is 18.3 Å². The van der Waals surface area contributed by atoms with Gasteiger partial charge < -0.3 is 10.8 Å². The van der Waals surface area contributed by atoms with E-state index < -0.39 is 23.9 Å². The van der Waals surface area contributed by atoms with Crippen molar-refractivity contribution in [2.75, 3.05) is 0 Å². The molecule has 0 saturated carbocycles. The number of hydrogen-bond donors (Lipinski definition) is 2. The Bertz CT molecular complexity index is 584. The lowest BCUT2D eigenvalue weighted by molar-refractivity contribution is -0.138. The number of halogens is 3. The molecular formula is C16H16F3NO. The summed E-state index contributed by atoms with van der Waals surface area (Å²) in [6.45, 7) is 0. The third-order valence-corrected chi connectivity index (χ3v) is 3.33. The first-order valence-electron chi connectivity index (χ1n) is 6.53. The summed E-state index contributed by atoms with van der Waals surface area (Å²) >= 11 is 0. The maximum absolute atomic E-state index is 13.0. The summed E-state index contributed by atoms with van der Waals surface area (Å²) in [7, 11) is 0. The van der Waals surface area contributed by atoms with Gasteiger partial charge in [-0.1, -0.05) is 48.5 Å². The molecule has 2 aromatic carbocycles. The molecule has 0 spiro atoms. The molecule has 0 heterocycles. The Morgan fingerprint density at radius 3 is 2.14 bits per heavy atom. The zero-order valence-electron chi connectivity index (χ0n) is 11.2. The van der Waals surface area contributed by atoms with Crippen LogP contribution in [-0.4, -0.2) is 11.2 Å². The van der Waals surface area contributed by atoms with Gasteiger partial charge in [-0.15, -0.1) is 0 Å². The minimum Gasteiger partial charge on any atom is -0.391 e. The fourth-order valence-corrected chi connectivity index (χ4v) is 2.24. The normalized spacial score (nSPS) is 14.7. The molecule has 2 aromatic rings. The molecule has 2 rings (SSSR count). The third-order valence-electron chi connectivity index (χ3n) is 3.33. The van der Waals surface area contributed by atoms with E-state index in [4.69, 9.17) is 5.73 Å². The van der Waals surface area contributed by atoms with E-state index in [1.807, 2.05) is 6.07 Å². The second-order valence-corrected chi connectivity index (χ2v) is 4.87. The highest BCUT2D eigenvalue weighted by Gasteiger charge is 2.35. The number of aliphatic hydroxyl groups is 1. The average Bonchev–Trinajstić information content (AvgIpc) is 2.46. The summed E-state index contributed by atoms with van der Waals surface area (Å²) in [6.07, 6.45) is -5.37. The van der Waals surface area contributed by atoms with Crippen molar-refractivity contribution in [2.24, 2.45) is 5.73 Å². The fourth-order valence-electron chi connectivity index (χ4n) is 2.24. The first kappa shape index (κ1) is 15.5. The van der Waals surface area contributed by atoms with Crippen LogP contribution in [0.5, 0.6) is 0 Å². The third kappa shape index (κ3) is 3.83. The molecule has 0 amide bonds. The van der Waals surface area contributed by atoms with Gasteiger partial charge in [0.15, 0.2) is 0 Å². The van der Waals surface area contributed by atoms with Crippen LogP contribution in [0.3, 0.4) is 0 Å². The summed E-state index contributed by atoms with van der Waals surface area (Å²) in [4.78, 5) is 0. The van der Waals surface area contributed by atoms with Crippen molar-refractivity contribution in [3.05, 3.63) is 71.3 Å². The number of alkyl halides is 3. The van der Waals surface area contributed by atoms with Gasteiger partial charge in [-0.05, 0) is 17.2 Å². The number of aliphatic hydroxyl groups excluding tert-OH is 1. The van der Waals surface area contributed by atoms with E-state index in [0.717, 1.165) is 11.6 Å². The molecule has 0 fully saturated rings. The van der Waals surface area contributed by atoms with Gasteiger partial charge in [0, 0.05) is 6.42 Å². The number of benzene rings is 2. The van der Waals surface area contributed by atoms with Crippen molar-refractivity contribution in [3.8, 4) is 0 Å². The van der Waals surface area contributed by atoms with Crippen LogP contribution in [0.4, 0.5) is 13.2 Å². The molecule has 2 atom stereocenters. The van der Waals surface area contributed by atoms with Crippen LogP contribution in [-0.2, 0) is 12.6 Å². The van der Waals surface area contributed by atoms with E-state index in [1.54, 1.807) is 24.3 Å². The zero-order chi connectivity index (χ0) is 15.5. The van der Waals surface area contributed by atoms with E-state index in [0.29, 0.717) is 0 Å². The molecular weight excluding hydrogens is 279 g/mol. The molecule has 0 aliphatic carbocycles. The summed E-state index contributed by atoms with van der Waals surface area (Å²) in [5.74, 6) is 0. The molecule has 21 heavy (non-hydrogen) atoms. The lowest BCUT2D eigenvalue weighted by atomic mass is 9.93. The van der Waals surface area contributed by atoms with Gasteiger partial charge in [-0.2, -0.15) is 13.2 Å². The predicted octanol–water partition coefficient (Wildman–Crippen LogP) is 3.31. The molecule has 5 heteroatoms. The van der Waals surface area contributed by atoms with Gasteiger partial charge in [0.1, 0.15) is 0 Å². The minimum atomic E-state index is -4.49. The molecule has 0 aromatic heterocycles. The van der Waals surface area contributed by atoms with Crippen LogP contribution in [0.15, 0.2) is 54.6 Å². The second-order valence-electron chi connectivity index (χ2n) is 4.87. The first-order valence-corrected chi connectivity index (χ1v) is 6.53. The quantitative estimate of drug-likeness (QED) is 0.909. The Morgan fingerprint density at radius 2 is 1.52 bits per heavy atom. The lowest BCUT2D eigenvalue weighted by Gasteiger charge is -2.22. The van der Waals surface area contributed by atoms with Crippen LogP contribution in [0.2, 0.25) is 0 Å². The molecule has 0 unspecified atom stereocenters. The van der Waals surface area contributed by atoms with Gasteiger partial charge in [0.25, 0.3) is 0 Å². The van der Waals surface area contributed by atoms with Crippen molar-refractivity contribution in [2.45, 2.75) is 24.7 Å². The van der Waals surface area contributed by atoms with Crippen molar-refractivity contribution in [1.82, 2.24) is 0 Å². The van der Waals surface area contributed by atoms with Crippen molar-refractivity contribution >= 4 is 0 Å². The highest BCUT2D eigenvalue weighted by atomic mass is 19.4. The second kappa shape index (κ2) is 6.28. The van der Waals surface area contributed by atoms with E-state index >= 15 is 0 Å². The van der Waals surface area contributed by atoms with Crippen LogP contribution >= 0.6 is 0 Å². The van der Waals surface area contributed by atoms with Crippen LogP contribution in [0.25, 0.3) is 0 Å². The molecule has 0 radical (unpaired) electrons. The molecule has 0 aliphatic heterocycles. The maximum atomic E-state index is 13.0. The summed E-state index contributed by atoms with van der Waals surface area (Å²) < 4.78 is 38.9. The van der Waals surface area contributed by atoms with E-state index in [2.05, 4.69) is 0 Å². The average molecular weight is 295 g/mol. The summed E-state index contributed by atoms with van der Waals surface area (Å²) in [5, 5.41) is 10.1. The van der Waals surface area contributed by atoms with E-state index in [-0.39, 0.29) is 12.0 Å². The monoisotopic (exact) mass is 295 g/mol. The van der Waals surface area contributed by atoms with Gasteiger partial charge in [0.2, 0.25) is 0 Å². The Hall–Kier alpha value is -1.85. The first-order chi connectivity index (χ1) is 9.89. The fraction of sp³-hybridized carbons (Fsp3) is 0.250. The highest BCUT2D eigenvalue weighted by Crippen LogP contribution is 2.35. The van der Waals surface area contributed by atoms with Gasteiger partial charge in [-0.25, -0.2) is 0 Å². The lowest BCUT2D eigenvalue weighted by Crippen LogP contribution is -2.30. The standard InChI is InChI=1S/C16H16F3NO/c17-16(18,19)13-9-5-4-8-12(13)15(20)14(21)10-11-6-2-1-3-7-11/h1-9,14-15,21H,10,20H2/t14-,15+/m0/s1. The van der Waals surface area contributed by atoms with Crippen LogP contribution in [0, 0.1) is 0 Å². The van der Waals surface area contributed by atoms with Crippen LogP contribution in [0.1, 0.15) is 22.7 Å². The maximum Gasteiger partial charge on any atom is 0.416 e. The van der Waals surface area contributed by atoms with Gasteiger partial charge >= 0.3 is 6.18 Å². The Labute approximate surface area is 121 Å². The Kier molecular flexibility index (Phi) is 4.65. The molecule has 2 nitrogen and oxygen atoms in total. The van der Waals surface area contributed by atoms with Crippen LogP contribution < -0.4 is 5.73 Å². The Balaban J connectivity index is 2.22. The molecule has 0 saturated heterocycles. The molecule has 3 N–H and O–H groups in total. The highest BCUT2D eigenvalue weighted by molar-refractivity contribution is 5.33. The summed E-state index contributed by atoms with van der Waals surface area (Å²) in [5.41, 5.74) is 5.77. The Morgan fingerprint density at radius 1 is 0.952 bits per heavy atom. The molecule has 112 valence electrons. The number of nitrogens with two attached hydrogens (primary N) is 1. The van der Waals surface area contributed by atoms with Crippen molar-refractivity contribution in [1.29, 1.82) is 0 Å². The molecule has 0 bridgehead atoms. The minimum absolute atomic E-state index is 0.0894. The zero-order valence-corrected chi connectivity index (χ0v) is 11.2. The van der Waals surface area contributed by atoms with Crippen molar-refractivity contribution in [3.63, 3.8) is 0 Å².